The van der Waals surface area contributed by atoms with Gasteiger partial charge in [-0.1, -0.05) is 32.0 Å². The lowest BCUT2D eigenvalue weighted by Gasteiger charge is -2.30. The number of para-hydroxylation sites is 1. The van der Waals surface area contributed by atoms with Gasteiger partial charge in [-0.15, -0.1) is 11.6 Å². The summed E-state index contributed by atoms with van der Waals surface area (Å²) in [6.07, 6.45) is 0. The predicted molar refractivity (Wildman–Crippen MR) is 112 cm³/mol. The standard InChI is InChI=1S/C21H25ClN2O6/c1-12(2)11-30-21(26)18-14(4)23-13(3)17(20(25)29-10-9-22)19(18)15-7-5-6-8-16(15)24(27)28/h5-8,12,19,23H,9-11H2,1-4H3. The number of carbonyl (C=O) groups excluding carboxylic acids is 2. The lowest BCUT2D eigenvalue weighted by molar-refractivity contribution is -0.385. The molecule has 1 atom stereocenters. The Morgan fingerprint density at radius 3 is 2.23 bits per heavy atom. The van der Waals surface area contributed by atoms with E-state index in [2.05, 4.69) is 5.32 Å². The molecule has 2 rings (SSSR count). The Bertz CT molecular complexity index is 907. The Kier molecular flexibility index (Phi) is 8.00. The van der Waals surface area contributed by atoms with E-state index in [-0.39, 0.29) is 47.4 Å². The Hall–Kier alpha value is -2.87. The number of hydrogen-bond donors (Lipinski definition) is 1. The number of dihydropyridines is 1. The maximum atomic E-state index is 13.0. The molecule has 162 valence electrons. The second kappa shape index (κ2) is 10.2. The van der Waals surface area contributed by atoms with E-state index in [1.165, 1.54) is 18.2 Å². The third kappa shape index (κ3) is 5.18. The van der Waals surface area contributed by atoms with E-state index < -0.39 is 22.8 Å². The van der Waals surface area contributed by atoms with Crippen molar-refractivity contribution in [2.45, 2.75) is 33.6 Å². The number of ether oxygens (including phenoxy) is 2. The molecule has 1 aliphatic rings. The average Bonchev–Trinajstić information content (AvgIpc) is 2.69. The number of nitro groups is 1. The minimum absolute atomic E-state index is 0.0312. The van der Waals surface area contributed by atoms with Crippen molar-refractivity contribution in [2.75, 3.05) is 19.1 Å². The van der Waals surface area contributed by atoms with E-state index in [0.29, 0.717) is 11.4 Å². The maximum absolute atomic E-state index is 13.0. The highest BCUT2D eigenvalue weighted by molar-refractivity contribution is 6.18. The molecule has 0 radical (unpaired) electrons. The first-order valence-corrected chi connectivity index (χ1v) is 10.0. The number of allylic oxidation sites excluding steroid dienone is 2. The SMILES string of the molecule is CC1=C(C(=O)OCCCl)C(c2ccccc2[N+](=O)[O-])C(C(=O)OCC(C)C)=C(C)N1. The molecule has 9 heteroatoms. The van der Waals surface area contributed by atoms with Gasteiger partial charge in [0.1, 0.15) is 6.61 Å². The maximum Gasteiger partial charge on any atom is 0.336 e. The number of nitrogens with one attached hydrogen (secondary N) is 1. The van der Waals surface area contributed by atoms with Crippen molar-refractivity contribution in [1.82, 2.24) is 5.32 Å². The van der Waals surface area contributed by atoms with Gasteiger partial charge in [-0.3, -0.25) is 10.1 Å². The van der Waals surface area contributed by atoms with Crippen molar-refractivity contribution in [3.8, 4) is 0 Å². The van der Waals surface area contributed by atoms with E-state index in [1.807, 2.05) is 13.8 Å². The van der Waals surface area contributed by atoms with Gasteiger partial charge in [0.25, 0.3) is 5.69 Å². The van der Waals surface area contributed by atoms with Crippen LogP contribution < -0.4 is 5.32 Å². The number of halogens is 1. The van der Waals surface area contributed by atoms with Gasteiger partial charge in [0.2, 0.25) is 0 Å². The molecule has 1 aliphatic heterocycles. The van der Waals surface area contributed by atoms with E-state index in [9.17, 15) is 19.7 Å². The van der Waals surface area contributed by atoms with Crippen molar-refractivity contribution < 1.29 is 24.0 Å². The van der Waals surface area contributed by atoms with Gasteiger partial charge in [0.05, 0.1) is 34.5 Å². The molecule has 30 heavy (non-hydrogen) atoms. The van der Waals surface area contributed by atoms with Gasteiger partial charge in [-0.2, -0.15) is 0 Å². The van der Waals surface area contributed by atoms with Crippen LogP contribution in [-0.2, 0) is 19.1 Å². The van der Waals surface area contributed by atoms with Crippen LogP contribution in [0.15, 0.2) is 46.8 Å². The molecule has 0 fully saturated rings. The van der Waals surface area contributed by atoms with Crippen LogP contribution in [0.25, 0.3) is 0 Å². The summed E-state index contributed by atoms with van der Waals surface area (Å²) in [5, 5.41) is 14.7. The molecule has 0 aliphatic carbocycles. The molecule has 0 saturated heterocycles. The highest BCUT2D eigenvalue weighted by Crippen LogP contribution is 2.42. The van der Waals surface area contributed by atoms with Gasteiger partial charge in [0.15, 0.2) is 0 Å². The monoisotopic (exact) mass is 436 g/mol. The number of hydrogen-bond acceptors (Lipinski definition) is 7. The zero-order chi connectivity index (χ0) is 22.4. The molecule has 0 aromatic heterocycles. The van der Waals surface area contributed by atoms with Crippen molar-refractivity contribution in [3.63, 3.8) is 0 Å². The van der Waals surface area contributed by atoms with Crippen molar-refractivity contribution >= 4 is 29.2 Å². The summed E-state index contributed by atoms with van der Waals surface area (Å²) in [6.45, 7) is 7.25. The summed E-state index contributed by atoms with van der Waals surface area (Å²) < 4.78 is 10.6. The summed E-state index contributed by atoms with van der Waals surface area (Å²) in [5.74, 6) is -2.17. The van der Waals surface area contributed by atoms with E-state index in [0.717, 1.165) is 0 Å². The smallest absolute Gasteiger partial charge is 0.336 e. The molecule has 1 aromatic rings. The zero-order valence-electron chi connectivity index (χ0n) is 17.4. The Morgan fingerprint density at radius 1 is 1.13 bits per heavy atom. The zero-order valence-corrected chi connectivity index (χ0v) is 18.1. The number of benzene rings is 1. The van der Waals surface area contributed by atoms with Crippen LogP contribution in [0.4, 0.5) is 5.69 Å². The van der Waals surface area contributed by atoms with Crippen LogP contribution in [0.3, 0.4) is 0 Å². The van der Waals surface area contributed by atoms with Gasteiger partial charge in [-0.25, -0.2) is 9.59 Å². The summed E-state index contributed by atoms with van der Waals surface area (Å²) >= 11 is 5.63. The molecule has 8 nitrogen and oxygen atoms in total. The van der Waals surface area contributed by atoms with Crippen molar-refractivity contribution in [3.05, 3.63) is 62.5 Å². The molecule has 1 unspecified atom stereocenters. The van der Waals surface area contributed by atoms with Crippen molar-refractivity contribution in [2.24, 2.45) is 5.92 Å². The average molecular weight is 437 g/mol. The van der Waals surface area contributed by atoms with Crippen LogP contribution >= 0.6 is 11.6 Å². The van der Waals surface area contributed by atoms with Crippen LogP contribution in [0.1, 0.15) is 39.2 Å². The fourth-order valence-corrected chi connectivity index (χ4v) is 3.35. The Morgan fingerprint density at radius 2 is 1.70 bits per heavy atom. The number of esters is 2. The largest absolute Gasteiger partial charge is 0.462 e. The highest BCUT2D eigenvalue weighted by Gasteiger charge is 2.40. The topological polar surface area (TPSA) is 108 Å². The normalized spacial score (nSPS) is 16.4. The minimum atomic E-state index is -1.02. The molecule has 0 saturated carbocycles. The molecule has 1 N–H and O–H groups in total. The quantitative estimate of drug-likeness (QED) is 0.285. The summed E-state index contributed by atoms with van der Waals surface area (Å²) in [5.41, 5.74) is 1.14. The molecule has 0 amide bonds. The predicted octanol–water partition coefficient (Wildman–Crippen LogP) is 3.81. The number of nitrogens with zero attached hydrogens (tertiary/aromatic N) is 1. The molecular formula is C21H25ClN2O6. The fraction of sp³-hybridized carbons (Fsp3) is 0.429. The minimum Gasteiger partial charge on any atom is -0.462 e. The van der Waals surface area contributed by atoms with Gasteiger partial charge in [0, 0.05) is 23.0 Å². The van der Waals surface area contributed by atoms with Crippen molar-refractivity contribution in [1.29, 1.82) is 0 Å². The van der Waals surface area contributed by atoms with E-state index in [4.69, 9.17) is 21.1 Å². The Balaban J connectivity index is 2.66. The van der Waals surface area contributed by atoms with Gasteiger partial charge >= 0.3 is 11.9 Å². The second-order valence-corrected chi connectivity index (χ2v) is 7.65. The molecule has 0 spiro atoms. The second-order valence-electron chi connectivity index (χ2n) is 7.27. The van der Waals surface area contributed by atoms with Crippen LogP contribution in [0.5, 0.6) is 0 Å². The molecule has 1 heterocycles. The number of rotatable bonds is 8. The first-order chi connectivity index (χ1) is 14.2. The van der Waals surface area contributed by atoms with Crippen LogP contribution in [0, 0.1) is 16.0 Å². The lowest BCUT2D eigenvalue weighted by Crippen LogP contribution is -2.33. The summed E-state index contributed by atoms with van der Waals surface area (Å²) in [7, 11) is 0. The van der Waals surface area contributed by atoms with E-state index >= 15 is 0 Å². The highest BCUT2D eigenvalue weighted by atomic mass is 35.5. The van der Waals surface area contributed by atoms with Crippen LogP contribution in [0.2, 0.25) is 0 Å². The number of carbonyl (C=O) groups is 2. The Labute approximate surface area is 180 Å². The third-order valence-electron chi connectivity index (χ3n) is 4.50. The molecule has 1 aromatic carbocycles. The van der Waals surface area contributed by atoms with E-state index in [1.54, 1.807) is 19.9 Å². The lowest BCUT2D eigenvalue weighted by atomic mass is 9.79. The van der Waals surface area contributed by atoms with Gasteiger partial charge < -0.3 is 14.8 Å². The first-order valence-electron chi connectivity index (χ1n) is 9.51. The fourth-order valence-electron chi connectivity index (χ4n) is 3.27. The van der Waals surface area contributed by atoms with Gasteiger partial charge in [-0.05, 0) is 19.8 Å². The number of alkyl halides is 1. The van der Waals surface area contributed by atoms with Crippen LogP contribution in [-0.4, -0.2) is 36.0 Å². The molecule has 0 bridgehead atoms. The summed E-state index contributed by atoms with van der Waals surface area (Å²) in [4.78, 5) is 37.0. The number of nitro benzene ring substituents is 1. The summed E-state index contributed by atoms with van der Waals surface area (Å²) in [6, 6.07) is 6.01. The third-order valence-corrected chi connectivity index (χ3v) is 4.66. The molecular weight excluding hydrogens is 412 g/mol. The first kappa shape index (κ1) is 23.4.